The Labute approximate surface area is 538 Å². The van der Waals surface area contributed by atoms with Crippen LogP contribution in [0, 0.1) is 11.6 Å². The number of likely N-dealkylation sites (tertiary alicyclic amines) is 3. The number of nitrogens with one attached hydrogen (secondary N) is 3. The largest absolute Gasteiger partial charge is 0.493 e. The molecule has 0 radical (unpaired) electrons. The lowest BCUT2D eigenvalue weighted by Gasteiger charge is -2.40. The van der Waals surface area contributed by atoms with Gasteiger partial charge in [-0.05, 0) is 120 Å². The zero-order valence-corrected chi connectivity index (χ0v) is 52.4. The molecular weight excluding hydrogens is 1180 g/mol. The summed E-state index contributed by atoms with van der Waals surface area (Å²) in [6, 6.07) is 47.5. The van der Waals surface area contributed by atoms with Gasteiger partial charge in [-0.2, -0.15) is 15.0 Å². The number of carbonyl (C=O) groups is 3. The van der Waals surface area contributed by atoms with Crippen LogP contribution in [0.4, 0.5) is 26.5 Å². The molecule has 0 spiro atoms. The second-order valence-electron chi connectivity index (χ2n) is 22.9. The van der Waals surface area contributed by atoms with E-state index >= 15 is 0 Å². The Balaban J connectivity index is 0.000000143. The summed E-state index contributed by atoms with van der Waals surface area (Å²) in [5.74, 6) is 0.162. The monoisotopic (exact) mass is 1250 g/mol. The Morgan fingerprint density at radius 2 is 0.871 bits per heavy atom. The fourth-order valence-electron chi connectivity index (χ4n) is 12.2. The first-order chi connectivity index (χ1) is 45.4. The number of rotatable bonds is 14. The zero-order valence-electron chi connectivity index (χ0n) is 52.4. The van der Waals surface area contributed by atoms with Gasteiger partial charge in [0.25, 0.3) is 17.7 Å². The Bertz CT molecular complexity index is 4170. The van der Waals surface area contributed by atoms with Crippen LogP contribution in [0.25, 0.3) is 39.2 Å². The first-order valence-electron chi connectivity index (χ1n) is 31.2. The SMILES string of the molecule is COc1c(F)cccc1C(=O)N1CCC[C@@H](Nc2cnc3ccccc3n2)[C@@H]1C.COc1c(F)cccc1C(=O)N1CCC[C@@H](Nc2nccc(-c3ccccc3)n2)[C@@H]1C.C[C@H]1[C@H](Nc2nccc(-c3ccccc3)n2)CCCN1C(=O)c1ccccc1-n1nccn1. The van der Waals surface area contributed by atoms with Crippen LogP contribution >= 0.6 is 0 Å². The standard InChI is InChI=1S/C25H25N7O.C24H25FN4O2.C22H23FN4O2/c1-18-21(29-25-26-14-13-22(30-25)19-8-3-2-4-9-19)11-7-17-31(18)24(33)20-10-5-6-12-23(20)32-27-15-16-28-32;1-16-20(27-24-26-14-13-21(28-24)17-8-4-3-5-9-17)12-7-15-29(16)23(30)18-10-6-11-19(25)22(18)31-2;1-14-17(25-20-13-24-18-9-3-4-10-19(18)26-20)11-6-12-27(14)22(28)15-7-5-8-16(23)21(15)29-2/h2-6,8-10,12-16,18,21H,7,11,17H2,1H3,(H,26,29,30);3-6,8-11,13-14,16,20H,7,12,15H2,1-2H3,(H,26,27,28);3-5,7-10,13-14,17H,6,11-12H2,1-2H3,(H,25,26)/t18-,21+;16-,20+;14-,17+/m000/s1. The molecule has 13 rings (SSSR count). The van der Waals surface area contributed by atoms with E-state index in [1.54, 1.807) is 52.9 Å². The highest BCUT2D eigenvalue weighted by atomic mass is 19.1. The first-order valence-corrected chi connectivity index (χ1v) is 31.2. The van der Waals surface area contributed by atoms with Crippen LogP contribution in [0.15, 0.2) is 189 Å². The lowest BCUT2D eigenvalue weighted by molar-refractivity contribution is 0.0605. The van der Waals surface area contributed by atoms with Crippen LogP contribution in [0.5, 0.6) is 11.5 Å². The summed E-state index contributed by atoms with van der Waals surface area (Å²) in [5, 5.41) is 18.7. The number of hydrogen-bond donors (Lipinski definition) is 3. The molecule has 3 amide bonds. The Morgan fingerprint density at radius 3 is 1.35 bits per heavy atom. The Kier molecular flexibility index (Phi) is 20.5. The average molecular weight is 1250 g/mol. The van der Waals surface area contributed by atoms with Crippen LogP contribution in [-0.4, -0.2) is 147 Å². The van der Waals surface area contributed by atoms with Gasteiger partial charge in [-0.15, -0.1) is 0 Å². The number of nitrogens with zero attached hydrogens (tertiary/aromatic N) is 12. The summed E-state index contributed by atoms with van der Waals surface area (Å²) in [5.41, 5.74) is 7.15. The van der Waals surface area contributed by atoms with Crippen molar-refractivity contribution in [1.82, 2.24) is 59.6 Å². The molecule has 3 N–H and O–H groups in total. The molecule has 93 heavy (non-hydrogen) atoms. The van der Waals surface area contributed by atoms with E-state index in [1.807, 2.05) is 140 Å². The molecule has 22 heteroatoms. The van der Waals surface area contributed by atoms with Crippen LogP contribution in [0.3, 0.4) is 0 Å². The van der Waals surface area contributed by atoms with E-state index in [0.717, 1.165) is 72.1 Å². The molecule has 3 aliphatic heterocycles. The molecule has 0 bridgehead atoms. The number of benzene rings is 6. The Morgan fingerprint density at radius 1 is 0.452 bits per heavy atom. The van der Waals surface area contributed by atoms with Gasteiger partial charge in [-0.25, -0.2) is 33.7 Å². The Hall–Kier alpha value is -10.8. The molecule has 10 aromatic rings. The molecule has 0 aliphatic carbocycles. The van der Waals surface area contributed by atoms with Crippen LogP contribution < -0.4 is 25.4 Å². The highest BCUT2D eigenvalue weighted by Crippen LogP contribution is 2.32. The number of halogens is 2. The van der Waals surface area contributed by atoms with Gasteiger partial charge in [-0.3, -0.25) is 19.4 Å². The van der Waals surface area contributed by atoms with Crippen molar-refractivity contribution < 1.29 is 32.6 Å². The molecule has 6 atom stereocenters. The number of fused-ring (bicyclic) bond motifs is 1. The zero-order chi connectivity index (χ0) is 64.8. The molecule has 3 fully saturated rings. The number of amides is 3. The van der Waals surface area contributed by atoms with Gasteiger partial charge in [0.05, 0.1) is 77.6 Å². The highest BCUT2D eigenvalue weighted by Gasteiger charge is 2.37. The van der Waals surface area contributed by atoms with Gasteiger partial charge in [0, 0.05) is 79.4 Å². The smallest absolute Gasteiger partial charge is 0.258 e. The predicted octanol–water partition coefficient (Wildman–Crippen LogP) is 12.1. The number of ether oxygens (including phenoxy) is 2. The third-order valence-electron chi connectivity index (χ3n) is 17.2. The van der Waals surface area contributed by atoms with Crippen LogP contribution in [0.2, 0.25) is 0 Å². The maximum atomic E-state index is 14.1. The van der Waals surface area contributed by atoms with Crippen LogP contribution in [0.1, 0.15) is 90.4 Å². The first kappa shape index (κ1) is 63.8. The van der Waals surface area contributed by atoms with E-state index in [4.69, 9.17) is 14.5 Å². The third-order valence-corrected chi connectivity index (χ3v) is 17.2. The normalized spacial score (nSPS) is 18.6. The fourth-order valence-corrected chi connectivity index (χ4v) is 12.2. The number of carbonyl (C=O) groups excluding carboxylic acids is 3. The van der Waals surface area contributed by atoms with Crippen molar-refractivity contribution in [2.75, 3.05) is 49.8 Å². The lowest BCUT2D eigenvalue weighted by atomic mass is 9.96. The summed E-state index contributed by atoms with van der Waals surface area (Å²) < 4.78 is 38.4. The van der Waals surface area contributed by atoms with Gasteiger partial charge < -0.3 is 40.1 Å². The molecule has 7 heterocycles. The quantitative estimate of drug-likeness (QED) is 0.0920. The summed E-state index contributed by atoms with van der Waals surface area (Å²) >= 11 is 0. The second-order valence-corrected chi connectivity index (χ2v) is 22.9. The number of methoxy groups -OCH3 is 2. The molecule has 6 aromatic carbocycles. The van der Waals surface area contributed by atoms with Crippen molar-refractivity contribution in [3.8, 4) is 39.7 Å². The van der Waals surface area contributed by atoms with Crippen molar-refractivity contribution in [2.45, 2.75) is 95.5 Å². The summed E-state index contributed by atoms with van der Waals surface area (Å²) in [6.45, 7) is 7.97. The lowest BCUT2D eigenvalue weighted by Crippen LogP contribution is -2.52. The van der Waals surface area contributed by atoms with E-state index in [9.17, 15) is 23.2 Å². The number of aromatic nitrogens is 9. The van der Waals surface area contributed by atoms with Gasteiger partial charge in [0.1, 0.15) is 5.82 Å². The molecule has 3 saturated heterocycles. The van der Waals surface area contributed by atoms with Gasteiger partial charge in [-0.1, -0.05) is 97.1 Å². The predicted molar refractivity (Wildman–Crippen MR) is 353 cm³/mol. The van der Waals surface area contributed by atoms with Crippen molar-refractivity contribution in [1.29, 1.82) is 0 Å². The van der Waals surface area contributed by atoms with Crippen molar-refractivity contribution >= 4 is 46.5 Å². The third kappa shape index (κ3) is 14.9. The maximum Gasteiger partial charge on any atom is 0.258 e. The number of piperidine rings is 3. The van der Waals surface area contributed by atoms with Gasteiger partial charge >= 0.3 is 0 Å². The van der Waals surface area contributed by atoms with E-state index in [0.29, 0.717) is 48.6 Å². The topological polar surface area (TPSA) is 224 Å². The minimum Gasteiger partial charge on any atom is -0.493 e. The van der Waals surface area contributed by atoms with E-state index in [1.165, 1.54) is 43.3 Å². The minimum absolute atomic E-state index is 0.0137. The second kappa shape index (κ2) is 29.9. The van der Waals surface area contributed by atoms with E-state index < -0.39 is 11.6 Å². The summed E-state index contributed by atoms with van der Waals surface area (Å²) in [7, 11) is 2.74. The van der Waals surface area contributed by atoms with Gasteiger partial charge in [0.2, 0.25) is 11.9 Å². The molecule has 0 unspecified atom stereocenters. The van der Waals surface area contributed by atoms with E-state index in [2.05, 4.69) is 58.0 Å². The maximum absolute atomic E-state index is 14.1. The molecule has 0 saturated carbocycles. The van der Waals surface area contributed by atoms with Crippen LogP contribution in [-0.2, 0) is 0 Å². The minimum atomic E-state index is -0.543. The molecular formula is C71H73F2N15O5. The molecule has 20 nitrogen and oxygen atoms in total. The van der Waals surface area contributed by atoms with Gasteiger partial charge in [0.15, 0.2) is 23.1 Å². The van der Waals surface area contributed by atoms with Crippen molar-refractivity contribution in [2.24, 2.45) is 0 Å². The molecule has 476 valence electrons. The number of hydrogen-bond acceptors (Lipinski definition) is 16. The number of para-hydroxylation sites is 5. The molecule has 3 aliphatic rings. The summed E-state index contributed by atoms with van der Waals surface area (Å²) in [4.78, 5) is 74.0. The van der Waals surface area contributed by atoms with Crippen molar-refractivity contribution in [3.05, 3.63) is 217 Å². The summed E-state index contributed by atoms with van der Waals surface area (Å²) in [6.07, 6.45) is 13.7. The average Bonchev–Trinajstić information content (AvgIpc) is 1.60. The van der Waals surface area contributed by atoms with E-state index in [-0.39, 0.29) is 76.6 Å². The highest BCUT2D eigenvalue weighted by molar-refractivity contribution is 5.99. The fraction of sp³-hybridized carbons (Fsp3) is 0.282. The van der Waals surface area contributed by atoms with Crippen molar-refractivity contribution in [3.63, 3.8) is 0 Å². The molecule has 4 aromatic heterocycles. The number of anilines is 3.